The minimum Gasteiger partial charge on any atom is -0.430 e. The third kappa shape index (κ3) is 5.05. The molecule has 0 bridgehead atoms. The third-order valence-corrected chi connectivity index (χ3v) is 0.437. The van der Waals surface area contributed by atoms with Crippen molar-refractivity contribution in [3.05, 3.63) is 0 Å². The van der Waals surface area contributed by atoms with Gasteiger partial charge in [0.1, 0.15) is 0 Å². The first-order chi connectivity index (χ1) is 4.16. The van der Waals surface area contributed by atoms with E-state index in [0.717, 1.165) is 0 Å². The molecule has 0 aromatic heterocycles. The van der Waals surface area contributed by atoms with Crippen LogP contribution in [0.3, 0.4) is 0 Å². The molecule has 0 atom stereocenters. The second kappa shape index (κ2) is 4.11. The molecule has 0 heterocycles. The molecule has 0 aliphatic rings. The van der Waals surface area contributed by atoms with Crippen LogP contribution in [0, 0.1) is 0 Å². The van der Waals surface area contributed by atoms with Crippen molar-refractivity contribution in [1.82, 2.24) is 0 Å². The monoisotopic (exact) mass is 136 g/mol. The van der Waals surface area contributed by atoms with E-state index in [1.54, 1.807) is 13.8 Å². The molecule has 0 aromatic carbocycles. The molecular weight excluding hydrogens is 128 g/mol. The minimum absolute atomic E-state index is 0.285. The van der Waals surface area contributed by atoms with Crippen molar-refractivity contribution in [3.63, 3.8) is 0 Å². The molecule has 5 nitrogen and oxygen atoms in total. The number of ether oxygens (including phenoxy) is 1. The van der Waals surface area contributed by atoms with E-state index in [1.165, 1.54) is 0 Å². The lowest BCUT2D eigenvalue weighted by atomic mass is 10.5. The van der Waals surface area contributed by atoms with Gasteiger partial charge in [0.2, 0.25) is 0 Å². The highest BCUT2D eigenvalue weighted by atomic mass is 17.5. The first-order valence-electron chi connectivity index (χ1n) is 2.35. The van der Waals surface area contributed by atoms with E-state index in [1.807, 2.05) is 0 Å². The van der Waals surface area contributed by atoms with Crippen LogP contribution >= 0.6 is 0 Å². The van der Waals surface area contributed by atoms with Crippen LogP contribution in [0.2, 0.25) is 0 Å². The molecule has 0 aliphatic heterocycles. The van der Waals surface area contributed by atoms with E-state index in [-0.39, 0.29) is 6.10 Å². The van der Waals surface area contributed by atoms with Crippen molar-refractivity contribution < 1.29 is 24.7 Å². The number of rotatable bonds is 2. The molecule has 0 amide bonds. The maximum atomic E-state index is 10.1. The summed E-state index contributed by atoms with van der Waals surface area (Å²) in [6, 6.07) is 0. The van der Waals surface area contributed by atoms with Crippen LogP contribution in [0.1, 0.15) is 13.8 Å². The van der Waals surface area contributed by atoms with Gasteiger partial charge in [-0.05, 0) is 18.9 Å². The maximum Gasteiger partial charge on any atom is 0.542 e. The highest BCUT2D eigenvalue weighted by Gasteiger charge is 2.05. The van der Waals surface area contributed by atoms with Crippen LogP contribution in [-0.2, 0) is 14.7 Å². The number of carbonyl (C=O) groups excluding carboxylic acids is 1. The Morgan fingerprint density at radius 3 is 2.44 bits per heavy atom. The lowest BCUT2D eigenvalue weighted by Crippen LogP contribution is -2.12. The molecule has 0 radical (unpaired) electrons. The van der Waals surface area contributed by atoms with Crippen LogP contribution < -0.4 is 0 Å². The van der Waals surface area contributed by atoms with Crippen molar-refractivity contribution in [2.75, 3.05) is 0 Å². The van der Waals surface area contributed by atoms with Gasteiger partial charge in [-0.1, -0.05) is 0 Å². The van der Waals surface area contributed by atoms with E-state index < -0.39 is 6.16 Å². The van der Waals surface area contributed by atoms with Crippen molar-refractivity contribution in [2.24, 2.45) is 0 Å². The van der Waals surface area contributed by atoms with Gasteiger partial charge in [0.25, 0.3) is 0 Å². The summed E-state index contributed by atoms with van der Waals surface area (Å²) in [6.07, 6.45) is -1.35. The van der Waals surface area contributed by atoms with Gasteiger partial charge in [0.05, 0.1) is 6.10 Å². The second-order valence-electron chi connectivity index (χ2n) is 1.57. The molecule has 0 unspecified atom stereocenters. The van der Waals surface area contributed by atoms with Gasteiger partial charge in [-0.15, -0.1) is 0 Å². The van der Waals surface area contributed by atoms with Gasteiger partial charge >= 0.3 is 6.16 Å². The second-order valence-corrected chi connectivity index (χ2v) is 1.57. The van der Waals surface area contributed by atoms with Crippen molar-refractivity contribution in [1.29, 1.82) is 0 Å². The summed E-state index contributed by atoms with van der Waals surface area (Å²) in [6.45, 7) is 3.28. The zero-order chi connectivity index (χ0) is 7.28. The summed E-state index contributed by atoms with van der Waals surface area (Å²) in [5.74, 6) is 0. The zero-order valence-electron chi connectivity index (χ0n) is 5.16. The molecule has 5 heteroatoms. The molecular formula is C4H8O5. The molecule has 1 N–H and O–H groups in total. The summed E-state index contributed by atoms with van der Waals surface area (Å²) >= 11 is 0. The summed E-state index contributed by atoms with van der Waals surface area (Å²) in [7, 11) is 0. The highest BCUT2D eigenvalue weighted by molar-refractivity contribution is 5.59. The summed E-state index contributed by atoms with van der Waals surface area (Å²) < 4.78 is 4.34. The topological polar surface area (TPSA) is 65.0 Å². The van der Waals surface area contributed by atoms with Gasteiger partial charge in [-0.25, -0.2) is 14.9 Å². The van der Waals surface area contributed by atoms with Crippen molar-refractivity contribution >= 4 is 6.16 Å². The Hall–Kier alpha value is -0.810. The maximum absolute atomic E-state index is 10.1. The zero-order valence-corrected chi connectivity index (χ0v) is 5.16. The molecule has 54 valence electrons. The van der Waals surface area contributed by atoms with Crippen molar-refractivity contribution in [2.45, 2.75) is 20.0 Å². The van der Waals surface area contributed by atoms with E-state index in [4.69, 9.17) is 5.26 Å². The van der Waals surface area contributed by atoms with Gasteiger partial charge in [0.15, 0.2) is 0 Å². The SMILES string of the molecule is CC(C)OC(=O)OOO. The molecule has 0 saturated carbocycles. The Kier molecular flexibility index (Phi) is 3.74. The van der Waals surface area contributed by atoms with Crippen LogP contribution in [0.5, 0.6) is 0 Å². The fourth-order valence-electron chi connectivity index (χ4n) is 0.243. The van der Waals surface area contributed by atoms with E-state index >= 15 is 0 Å². The third-order valence-electron chi connectivity index (χ3n) is 0.437. The Morgan fingerprint density at radius 2 is 2.11 bits per heavy atom. The summed E-state index contributed by atoms with van der Waals surface area (Å²) in [4.78, 5) is 13.7. The number of hydrogen-bond acceptors (Lipinski definition) is 5. The average Bonchev–Trinajstić information content (AvgIpc) is 1.63. The Bertz CT molecular complexity index is 89.0. The molecule has 0 aliphatic carbocycles. The van der Waals surface area contributed by atoms with Gasteiger partial charge in [-0.3, -0.25) is 0 Å². The van der Waals surface area contributed by atoms with E-state index in [9.17, 15) is 4.79 Å². The van der Waals surface area contributed by atoms with Gasteiger partial charge in [-0.2, -0.15) is 0 Å². The first kappa shape index (κ1) is 8.19. The van der Waals surface area contributed by atoms with Gasteiger partial charge < -0.3 is 4.74 Å². The molecule has 9 heavy (non-hydrogen) atoms. The normalized spacial score (nSPS) is 9.33. The molecule has 0 rings (SSSR count). The predicted molar refractivity (Wildman–Crippen MR) is 26.4 cm³/mol. The van der Waals surface area contributed by atoms with Crippen LogP contribution in [0.15, 0.2) is 0 Å². The smallest absolute Gasteiger partial charge is 0.430 e. The predicted octanol–water partition coefficient (Wildman–Crippen LogP) is 0.953. The molecule has 0 spiro atoms. The Morgan fingerprint density at radius 1 is 1.56 bits per heavy atom. The average molecular weight is 136 g/mol. The summed E-state index contributed by atoms with van der Waals surface area (Å²) in [5, 5.41) is 10.6. The molecule has 0 aromatic rings. The highest BCUT2D eigenvalue weighted by Crippen LogP contribution is 1.91. The largest absolute Gasteiger partial charge is 0.542 e. The first-order valence-corrected chi connectivity index (χ1v) is 2.35. The Labute approximate surface area is 52.0 Å². The van der Waals surface area contributed by atoms with Crippen LogP contribution in [-0.4, -0.2) is 17.5 Å². The molecule has 0 saturated heterocycles. The Balaban J connectivity index is 3.27. The standard InChI is InChI=1S/C4H8O5/c1-3(2)7-4(5)8-9-6/h3,6H,1-2H3. The summed E-state index contributed by atoms with van der Waals surface area (Å²) in [5.41, 5.74) is 0. The lowest BCUT2D eigenvalue weighted by molar-refractivity contribution is -0.462. The lowest BCUT2D eigenvalue weighted by Gasteiger charge is -2.03. The minimum atomic E-state index is -1.06. The van der Waals surface area contributed by atoms with Gasteiger partial charge in [0, 0.05) is 0 Å². The number of carbonyl (C=O) groups is 1. The molecule has 0 fully saturated rings. The fourth-order valence-corrected chi connectivity index (χ4v) is 0.243. The quantitative estimate of drug-likeness (QED) is 0.348. The van der Waals surface area contributed by atoms with E-state index in [2.05, 4.69) is 14.7 Å². The van der Waals surface area contributed by atoms with Crippen LogP contribution in [0.25, 0.3) is 0 Å². The van der Waals surface area contributed by atoms with Crippen LogP contribution in [0.4, 0.5) is 4.79 Å². The number of hydrogen-bond donors (Lipinski definition) is 1. The van der Waals surface area contributed by atoms with E-state index in [0.29, 0.717) is 0 Å². The van der Waals surface area contributed by atoms with Crippen molar-refractivity contribution in [3.8, 4) is 0 Å². The fraction of sp³-hybridized carbons (Fsp3) is 0.750.